The van der Waals surface area contributed by atoms with Gasteiger partial charge in [0.15, 0.2) is 0 Å². The predicted molar refractivity (Wildman–Crippen MR) is 401 cm³/mol. The second-order valence-corrected chi connectivity index (χ2v) is 28.0. The second kappa shape index (κ2) is 37.1. The third kappa shape index (κ3) is 19.9. The van der Waals surface area contributed by atoms with E-state index in [4.69, 9.17) is 5.11 Å². The number of nitrogens with one attached hydrogen (secondary N) is 9. The van der Waals surface area contributed by atoms with Crippen molar-refractivity contribution >= 4 is 94.0 Å². The molecule has 0 bridgehead atoms. The molecule has 11 amide bonds. The molecule has 12 N–H and O–H groups in total. The highest BCUT2D eigenvalue weighted by Gasteiger charge is 2.47. The molecule has 4 saturated heterocycles. The summed E-state index contributed by atoms with van der Waals surface area (Å²) in [6.45, 7) is 8.31. The van der Waals surface area contributed by atoms with Gasteiger partial charge in [0.05, 0.1) is 46.5 Å². The van der Waals surface area contributed by atoms with Gasteiger partial charge in [-0.25, -0.2) is 19.9 Å². The molecule has 2 unspecified atom stereocenters. The van der Waals surface area contributed by atoms with E-state index in [0.717, 1.165) is 61.9 Å². The van der Waals surface area contributed by atoms with Gasteiger partial charge < -0.3 is 57.4 Å². The van der Waals surface area contributed by atoms with Gasteiger partial charge in [-0.05, 0) is 97.9 Å². The summed E-state index contributed by atoms with van der Waals surface area (Å²) in [7, 11) is 0. The largest absolute Gasteiger partial charge is 0.481 e. The van der Waals surface area contributed by atoms with Crippen LogP contribution in [0.2, 0.25) is 0 Å². The van der Waals surface area contributed by atoms with Crippen molar-refractivity contribution in [3.05, 3.63) is 166 Å². The first kappa shape index (κ1) is 79.5. The van der Waals surface area contributed by atoms with E-state index in [1.54, 1.807) is 47.4 Å². The Labute approximate surface area is 634 Å². The number of hydrogen-bond donors (Lipinski definition) is 12. The lowest BCUT2D eigenvalue weighted by atomic mass is 10.00. The van der Waals surface area contributed by atoms with Crippen LogP contribution in [-0.4, -0.2) is 246 Å². The Hall–Kier alpha value is -11.5. The number of unbranched alkanes of at least 4 members (excludes halogenated alkanes) is 2. The number of anilines is 4. The molecular formula is C77H92N18O15. The van der Waals surface area contributed by atoms with Gasteiger partial charge >= 0.3 is 5.97 Å². The summed E-state index contributed by atoms with van der Waals surface area (Å²) in [5.74, 6) is -4.87. The van der Waals surface area contributed by atoms with E-state index in [9.17, 15) is 67.7 Å². The molecule has 4 fully saturated rings. The van der Waals surface area contributed by atoms with Crippen molar-refractivity contribution in [3.8, 4) is 0 Å². The number of aromatic nitrogens is 4. The molecule has 4 atom stereocenters. The lowest BCUT2D eigenvalue weighted by molar-refractivity contribution is -0.138. The zero-order valence-electron chi connectivity index (χ0n) is 60.0. The van der Waals surface area contributed by atoms with Crippen molar-refractivity contribution in [2.75, 3.05) is 99.8 Å². The normalized spacial score (nSPS) is 18.7. The average Bonchev–Trinajstić information content (AvgIpc) is 1.61. The second-order valence-electron chi connectivity index (χ2n) is 28.0. The highest BCUT2D eigenvalue weighted by atomic mass is 16.4. The number of likely N-dealkylation sites (tertiary alicyclic amines) is 1. The third-order valence-electron chi connectivity index (χ3n) is 20.1. The highest BCUT2D eigenvalue weighted by Crippen LogP contribution is 2.35. The molecule has 8 aliphatic heterocycles. The van der Waals surface area contributed by atoms with E-state index in [2.05, 4.69) is 108 Å². The number of rotatable bonds is 28. The monoisotopic (exact) mass is 1510 g/mol. The molecule has 33 nitrogen and oxygen atoms in total. The molecule has 0 saturated carbocycles. The van der Waals surface area contributed by atoms with Gasteiger partial charge in [0.25, 0.3) is 35.4 Å². The minimum Gasteiger partial charge on any atom is -0.481 e. The summed E-state index contributed by atoms with van der Waals surface area (Å²) in [6, 6.07) is 27.9. The van der Waals surface area contributed by atoms with E-state index < -0.39 is 83.4 Å². The van der Waals surface area contributed by atoms with Crippen LogP contribution >= 0.6 is 0 Å². The molecule has 110 heavy (non-hydrogen) atoms. The number of carbonyl (C=O) groups excluding carboxylic acids is 11. The standard InChI is InChI=1S/C38H43N9O7.C20H26N6O2.C18H19N3O6.CH4/c48-26(21-45-15-13-23-6-1-2-7-24(23)18-45)17-40-35(51)29-16-31(42-22-41-29)43-25-19-46(20-25)33(50)10-3-4-14-39-28-9-5-8-27-34(28)38(54)47(37(27)53)30-11-12-32(49)44-36(30)52;27-17(12-26-6-5-14-3-1-2-4-15(14)11-26)10-22-20(28)18-7-19(24-13-23-18)25-16-8-21-9-16;22-13-8-7-12(16(25)20-13)21-17(26)10-4-3-5-11(15(10)18(21)27)19-9-2-1-6-14(23)24;/h1-2,5-9,16,22,25-26,30,39,48H,3-4,10-15,17-21H2,(H,40,51)(H,41,42,43)(H,44,49,52);1-4,7,13,16-17,21,27H,5-6,8-12H2,(H,22,28)(H,23,24,25);3-5,12,19H,1-2,6-9H2,(H,23,24)(H,20,22,25);1H4/t26-,30?;17-;;/m00../s1. The van der Waals surface area contributed by atoms with Gasteiger partial charge in [-0.1, -0.05) is 68.1 Å². The number of aliphatic carboxylic acids is 1. The van der Waals surface area contributed by atoms with E-state index in [1.165, 1.54) is 41.0 Å². The highest BCUT2D eigenvalue weighted by molar-refractivity contribution is 6.26. The Bertz CT molecular complexity index is 4460. The number of piperidine rings is 2. The maximum absolute atomic E-state index is 13.3. The van der Waals surface area contributed by atoms with Gasteiger partial charge in [-0.15, -0.1) is 0 Å². The zero-order chi connectivity index (χ0) is 76.7. The number of carboxylic acid groups (broad SMARTS) is 1. The zero-order valence-corrected chi connectivity index (χ0v) is 60.0. The van der Waals surface area contributed by atoms with Gasteiger partial charge in [-0.2, -0.15) is 0 Å². The summed E-state index contributed by atoms with van der Waals surface area (Å²) in [4.78, 5) is 172. The number of hydrogen-bond acceptors (Lipinski definition) is 25. The average molecular weight is 1510 g/mol. The van der Waals surface area contributed by atoms with Crippen LogP contribution < -0.4 is 47.9 Å². The number of aliphatic hydroxyl groups is 2. The fourth-order valence-corrected chi connectivity index (χ4v) is 14.2. The minimum atomic E-state index is -1.03. The number of carbonyl (C=O) groups is 12. The van der Waals surface area contributed by atoms with Crippen LogP contribution in [0, 0.1) is 0 Å². The fourth-order valence-electron chi connectivity index (χ4n) is 14.2. The number of amides is 11. The van der Waals surface area contributed by atoms with Crippen molar-refractivity contribution in [2.24, 2.45) is 0 Å². The van der Waals surface area contributed by atoms with E-state index in [1.807, 2.05) is 18.2 Å². The molecule has 10 heterocycles. The summed E-state index contributed by atoms with van der Waals surface area (Å²) in [5.41, 5.74) is 7.53. The maximum Gasteiger partial charge on any atom is 0.303 e. The fraction of sp³-hybridized carbons (Fsp3) is 0.429. The molecule has 0 radical (unpaired) electrons. The molecule has 580 valence electrons. The van der Waals surface area contributed by atoms with Crippen molar-refractivity contribution < 1.29 is 72.9 Å². The Morgan fingerprint density at radius 1 is 0.518 bits per heavy atom. The first-order valence-electron chi connectivity index (χ1n) is 36.8. The number of nitrogens with zero attached hydrogens (tertiary/aromatic N) is 9. The molecule has 0 spiro atoms. The quantitative estimate of drug-likeness (QED) is 0.0248. The summed E-state index contributed by atoms with van der Waals surface area (Å²) >= 11 is 0. The summed E-state index contributed by atoms with van der Waals surface area (Å²) < 4.78 is 0. The van der Waals surface area contributed by atoms with Crippen LogP contribution in [0.4, 0.5) is 23.0 Å². The van der Waals surface area contributed by atoms with E-state index in [0.29, 0.717) is 106 Å². The maximum atomic E-state index is 13.3. The topological polar surface area (TPSA) is 442 Å². The number of β-amino-alcohol motifs (C(OH)–C–C–N with tert-alkyl or cyclic N) is 2. The number of benzene rings is 4. The lowest BCUT2D eigenvalue weighted by Crippen LogP contribution is -2.57. The Morgan fingerprint density at radius 2 is 0.964 bits per heavy atom. The number of fused-ring (bicyclic) bond motifs is 4. The minimum absolute atomic E-state index is 0. The van der Waals surface area contributed by atoms with Crippen molar-refractivity contribution in [1.29, 1.82) is 0 Å². The van der Waals surface area contributed by atoms with Crippen LogP contribution in [-0.2, 0) is 54.7 Å². The van der Waals surface area contributed by atoms with Crippen LogP contribution in [0.1, 0.15) is 156 Å². The molecule has 33 heteroatoms. The van der Waals surface area contributed by atoms with Crippen LogP contribution in [0.3, 0.4) is 0 Å². The smallest absolute Gasteiger partial charge is 0.303 e. The number of carboxylic acids is 1. The van der Waals surface area contributed by atoms with Gasteiger partial charge in [0, 0.05) is 141 Å². The predicted octanol–water partition coefficient (Wildman–Crippen LogP) is 2.33. The third-order valence-corrected chi connectivity index (χ3v) is 20.1. The Kier molecular flexibility index (Phi) is 26.8. The first-order valence-corrected chi connectivity index (χ1v) is 36.8. The van der Waals surface area contributed by atoms with E-state index >= 15 is 0 Å². The van der Waals surface area contributed by atoms with Crippen molar-refractivity contribution in [3.63, 3.8) is 0 Å². The molecule has 14 rings (SSSR count). The molecule has 6 aromatic rings. The van der Waals surface area contributed by atoms with Crippen LogP contribution in [0.5, 0.6) is 0 Å². The molecule has 4 aromatic carbocycles. The molecule has 0 aliphatic carbocycles. The first-order chi connectivity index (χ1) is 52.7. The summed E-state index contributed by atoms with van der Waals surface area (Å²) in [6.07, 6.45) is 6.30. The van der Waals surface area contributed by atoms with Crippen LogP contribution in [0.25, 0.3) is 0 Å². The van der Waals surface area contributed by atoms with Gasteiger partial charge in [0.1, 0.15) is 47.8 Å². The number of imide groups is 4. The van der Waals surface area contributed by atoms with Crippen molar-refractivity contribution in [1.82, 2.24) is 71.0 Å². The van der Waals surface area contributed by atoms with Crippen molar-refractivity contribution in [2.45, 2.75) is 134 Å². The van der Waals surface area contributed by atoms with Gasteiger partial charge in [-0.3, -0.25) is 87.8 Å². The molecule has 2 aromatic heterocycles. The number of aliphatic hydroxyl groups excluding tert-OH is 2. The van der Waals surface area contributed by atoms with Crippen LogP contribution in [0.15, 0.2) is 110 Å². The lowest BCUT2D eigenvalue weighted by Gasteiger charge is -2.40. The SMILES string of the molecule is C.O=C(NC[C@H](O)CN1CCc2ccccc2C1)c1cc(NC2CNC2)ncn1.O=C(O)CCCCNc1cccc2c1C(=O)N(C1CCC(=O)NC1=O)C2=O.O=C1CCC(N2C(=O)c3cccc(NCCCCC(=O)N4CC(Nc5cc(C(=O)NC[C@H](O)CN6CCc7ccccc7C6)ncn5)C4)c3C2=O)C(=O)N1. The van der Waals surface area contributed by atoms with E-state index in [-0.39, 0.29) is 98.4 Å². The molecule has 8 aliphatic rings. The Morgan fingerprint density at radius 3 is 1.40 bits per heavy atom. The molecular weight excluding hydrogens is 1420 g/mol. The van der Waals surface area contributed by atoms with Gasteiger partial charge in [0.2, 0.25) is 29.5 Å². The summed E-state index contributed by atoms with van der Waals surface area (Å²) in [5, 5.41) is 55.4. The Balaban J connectivity index is 0.000000180.